The second-order valence-corrected chi connectivity index (χ2v) is 7.73. The second-order valence-electron chi connectivity index (χ2n) is 6.46. The number of aromatic nitrogens is 1. The summed E-state index contributed by atoms with van der Waals surface area (Å²) in [6.45, 7) is 0. The lowest BCUT2D eigenvalue weighted by molar-refractivity contribution is 0.0953. The summed E-state index contributed by atoms with van der Waals surface area (Å²) in [5, 5.41) is 9.44. The molecule has 4 rings (SSSR count). The zero-order valence-electron chi connectivity index (χ0n) is 16.2. The van der Waals surface area contributed by atoms with Crippen LogP contribution in [0.1, 0.15) is 10.4 Å². The molecule has 6 nitrogen and oxygen atoms in total. The molecule has 1 heterocycles. The summed E-state index contributed by atoms with van der Waals surface area (Å²) in [7, 11) is 0. The number of anilines is 1. The highest BCUT2D eigenvalue weighted by molar-refractivity contribution is 7.07. The number of carbonyl (C=O) groups excluding carboxylic acids is 2. The quantitative estimate of drug-likeness (QED) is 0.421. The maximum atomic E-state index is 13.1. The molecule has 0 spiro atoms. The Morgan fingerprint density at radius 3 is 2.19 bits per heavy atom. The van der Waals surface area contributed by atoms with E-state index in [2.05, 4.69) is 15.8 Å². The average molecular weight is 449 g/mol. The molecule has 154 valence electrons. The average Bonchev–Trinajstić information content (AvgIpc) is 3.24. The molecule has 31 heavy (non-hydrogen) atoms. The van der Waals surface area contributed by atoms with Gasteiger partial charge in [0.25, 0.3) is 5.91 Å². The predicted octanol–water partition coefficient (Wildman–Crippen LogP) is 5.20. The van der Waals surface area contributed by atoms with Crippen LogP contribution in [-0.2, 0) is 0 Å². The van der Waals surface area contributed by atoms with Gasteiger partial charge < -0.3 is 5.32 Å². The fraction of sp³-hybridized carbons (Fsp3) is 0. The maximum absolute atomic E-state index is 13.1. The van der Waals surface area contributed by atoms with E-state index in [1.165, 1.54) is 15.9 Å². The number of hydrogen-bond acceptors (Lipinski definition) is 4. The summed E-state index contributed by atoms with van der Waals surface area (Å²) in [6.07, 6.45) is 0. The first-order valence-corrected chi connectivity index (χ1v) is 10.6. The van der Waals surface area contributed by atoms with Crippen molar-refractivity contribution in [1.82, 2.24) is 9.99 Å². The molecule has 0 aliphatic rings. The molecule has 8 heteroatoms. The lowest BCUT2D eigenvalue weighted by atomic mass is 10.2. The molecule has 0 bridgehead atoms. The van der Waals surface area contributed by atoms with Crippen LogP contribution in [0, 0.1) is 0 Å². The van der Waals surface area contributed by atoms with Gasteiger partial charge in [0.05, 0.1) is 5.69 Å². The SMILES string of the molecule is O=C(N/N=c1\scc(-c2ccccc2)n1C(=O)Nc1ccc(Cl)cc1)c1ccccc1. The first-order chi connectivity index (χ1) is 15.1. The summed E-state index contributed by atoms with van der Waals surface area (Å²) in [6, 6.07) is 24.6. The number of benzene rings is 3. The number of carbonyl (C=O) groups is 2. The van der Waals surface area contributed by atoms with Gasteiger partial charge in [-0.25, -0.2) is 14.8 Å². The molecule has 0 radical (unpaired) electrons. The van der Waals surface area contributed by atoms with E-state index in [1.807, 2.05) is 41.8 Å². The molecule has 0 fully saturated rings. The van der Waals surface area contributed by atoms with E-state index in [-0.39, 0.29) is 5.91 Å². The fourth-order valence-electron chi connectivity index (χ4n) is 2.86. The Balaban J connectivity index is 1.70. The van der Waals surface area contributed by atoms with Crippen LogP contribution >= 0.6 is 22.9 Å². The van der Waals surface area contributed by atoms with Crippen molar-refractivity contribution in [1.29, 1.82) is 0 Å². The first kappa shape index (κ1) is 20.6. The van der Waals surface area contributed by atoms with Crippen LogP contribution in [0.2, 0.25) is 5.02 Å². The molecule has 0 aliphatic heterocycles. The molecule has 2 N–H and O–H groups in total. The fourth-order valence-corrected chi connectivity index (χ4v) is 3.83. The zero-order valence-corrected chi connectivity index (χ0v) is 17.7. The molecule has 0 saturated heterocycles. The van der Waals surface area contributed by atoms with E-state index in [0.717, 1.165) is 5.56 Å². The summed E-state index contributed by atoms with van der Waals surface area (Å²) < 4.78 is 1.43. The highest BCUT2D eigenvalue weighted by Crippen LogP contribution is 2.20. The molecular formula is C23H17ClN4O2S. The molecule has 0 aliphatic carbocycles. The van der Waals surface area contributed by atoms with Crippen LogP contribution in [0.15, 0.2) is 95.4 Å². The molecule has 0 unspecified atom stereocenters. The molecule has 0 atom stereocenters. The van der Waals surface area contributed by atoms with Crippen molar-refractivity contribution in [2.24, 2.45) is 5.10 Å². The van der Waals surface area contributed by atoms with Gasteiger partial charge in [0, 0.05) is 21.7 Å². The number of halogens is 1. The minimum atomic E-state index is -0.407. The molecular weight excluding hydrogens is 432 g/mol. The van der Waals surface area contributed by atoms with Crippen LogP contribution in [0.25, 0.3) is 11.3 Å². The third-order valence-corrected chi connectivity index (χ3v) is 5.44. The lowest BCUT2D eigenvalue weighted by Gasteiger charge is -2.10. The van der Waals surface area contributed by atoms with E-state index < -0.39 is 6.03 Å². The number of amides is 2. The van der Waals surface area contributed by atoms with Gasteiger partial charge in [-0.15, -0.1) is 16.4 Å². The molecule has 4 aromatic rings. The van der Waals surface area contributed by atoms with Crippen LogP contribution in [0.5, 0.6) is 0 Å². The van der Waals surface area contributed by atoms with Crippen molar-refractivity contribution in [3.63, 3.8) is 0 Å². The number of nitrogens with zero attached hydrogens (tertiary/aromatic N) is 2. The van der Waals surface area contributed by atoms with Crippen molar-refractivity contribution >= 4 is 40.6 Å². The topological polar surface area (TPSA) is 75.5 Å². The Morgan fingerprint density at radius 2 is 1.52 bits per heavy atom. The summed E-state index contributed by atoms with van der Waals surface area (Å²) in [5.41, 5.74) is 5.09. The Bertz CT molecular complexity index is 1270. The number of thiazole rings is 1. The van der Waals surface area contributed by atoms with Crippen LogP contribution in [0.4, 0.5) is 10.5 Å². The summed E-state index contributed by atoms with van der Waals surface area (Å²) in [4.78, 5) is 25.8. The van der Waals surface area contributed by atoms with Crippen LogP contribution < -0.4 is 15.5 Å². The van der Waals surface area contributed by atoms with Gasteiger partial charge in [0.15, 0.2) is 0 Å². The van der Waals surface area contributed by atoms with Gasteiger partial charge in [0.1, 0.15) is 0 Å². The summed E-state index contributed by atoms with van der Waals surface area (Å²) in [5.74, 6) is -0.361. The van der Waals surface area contributed by atoms with Crippen LogP contribution in [-0.4, -0.2) is 16.5 Å². The van der Waals surface area contributed by atoms with Crippen molar-refractivity contribution in [3.8, 4) is 11.3 Å². The van der Waals surface area contributed by atoms with E-state index in [0.29, 0.717) is 26.8 Å². The maximum Gasteiger partial charge on any atom is 0.332 e. The van der Waals surface area contributed by atoms with E-state index in [4.69, 9.17) is 11.6 Å². The van der Waals surface area contributed by atoms with E-state index in [9.17, 15) is 9.59 Å². The molecule has 1 aromatic heterocycles. The second kappa shape index (κ2) is 9.42. The van der Waals surface area contributed by atoms with Gasteiger partial charge in [-0.3, -0.25) is 4.79 Å². The Morgan fingerprint density at radius 1 is 0.871 bits per heavy atom. The van der Waals surface area contributed by atoms with Gasteiger partial charge in [0.2, 0.25) is 4.80 Å². The highest BCUT2D eigenvalue weighted by Gasteiger charge is 2.15. The van der Waals surface area contributed by atoms with Crippen molar-refractivity contribution in [2.45, 2.75) is 0 Å². The predicted molar refractivity (Wildman–Crippen MR) is 123 cm³/mol. The van der Waals surface area contributed by atoms with Gasteiger partial charge in [-0.1, -0.05) is 60.1 Å². The molecule has 2 amide bonds. The number of hydrogen-bond donors (Lipinski definition) is 2. The Hall–Kier alpha value is -3.68. The highest BCUT2D eigenvalue weighted by atomic mass is 35.5. The smallest absolute Gasteiger partial charge is 0.307 e. The Labute approximate surface area is 187 Å². The van der Waals surface area contributed by atoms with Crippen molar-refractivity contribution < 1.29 is 9.59 Å². The number of rotatable bonds is 4. The van der Waals surface area contributed by atoms with Crippen LogP contribution in [0.3, 0.4) is 0 Å². The lowest BCUT2D eigenvalue weighted by Crippen LogP contribution is -2.31. The summed E-state index contributed by atoms with van der Waals surface area (Å²) >= 11 is 7.18. The first-order valence-electron chi connectivity index (χ1n) is 9.34. The zero-order chi connectivity index (χ0) is 21.6. The standard InChI is InChI=1S/C23H17ClN4O2S/c24-18-11-13-19(14-12-18)25-22(30)28-20(16-7-3-1-4-8-16)15-31-23(28)27-26-21(29)17-9-5-2-6-10-17/h1-15H,(H,25,30)(H,26,29)/b27-23-. The minimum Gasteiger partial charge on any atom is -0.307 e. The monoisotopic (exact) mass is 448 g/mol. The van der Waals surface area contributed by atoms with Gasteiger partial charge in [-0.05, 0) is 42.0 Å². The molecule has 3 aromatic carbocycles. The normalized spacial score (nSPS) is 11.2. The third kappa shape index (κ3) is 4.91. The van der Waals surface area contributed by atoms with Crippen molar-refractivity contribution in [3.05, 3.63) is 106 Å². The van der Waals surface area contributed by atoms with E-state index >= 15 is 0 Å². The largest absolute Gasteiger partial charge is 0.332 e. The van der Waals surface area contributed by atoms with E-state index in [1.54, 1.807) is 48.5 Å². The third-order valence-electron chi connectivity index (χ3n) is 4.37. The Kier molecular flexibility index (Phi) is 6.26. The van der Waals surface area contributed by atoms with Gasteiger partial charge >= 0.3 is 6.03 Å². The number of nitrogens with one attached hydrogen (secondary N) is 2. The van der Waals surface area contributed by atoms with Gasteiger partial charge in [-0.2, -0.15) is 0 Å². The molecule has 0 saturated carbocycles. The van der Waals surface area contributed by atoms with Crippen molar-refractivity contribution in [2.75, 3.05) is 5.32 Å². The minimum absolute atomic E-state index is 0.328.